The van der Waals surface area contributed by atoms with Gasteiger partial charge in [0.05, 0.1) is 24.0 Å². The van der Waals surface area contributed by atoms with Crippen LogP contribution in [-0.4, -0.2) is 79.9 Å². The fourth-order valence-corrected chi connectivity index (χ4v) is 6.15. The van der Waals surface area contributed by atoms with Crippen molar-refractivity contribution in [1.29, 1.82) is 0 Å². The van der Waals surface area contributed by atoms with Crippen LogP contribution in [0, 0.1) is 0 Å². The predicted octanol–water partition coefficient (Wildman–Crippen LogP) is 7.02. The second-order valence-corrected chi connectivity index (χ2v) is 18.7. The fourth-order valence-electron chi connectivity index (χ4n) is 5.54. The first kappa shape index (κ1) is 35.0. The Morgan fingerprint density at radius 3 is 2.58 bits per heavy atom. The molecule has 5 aromatic rings. The Morgan fingerprint density at radius 2 is 1.82 bits per heavy atom. The molecule has 0 radical (unpaired) electrons. The molecule has 0 fully saturated rings. The summed E-state index contributed by atoms with van der Waals surface area (Å²) < 4.78 is 26.1. The largest absolute Gasteiger partial charge is 0.457 e. The molecule has 0 saturated heterocycles. The highest BCUT2D eigenvalue weighted by Crippen LogP contribution is 2.39. The maximum atomic E-state index is 12.8. The highest BCUT2D eigenvalue weighted by atomic mass is 32.3. The van der Waals surface area contributed by atoms with Crippen LogP contribution in [0.15, 0.2) is 71.4 Å². The number of hydrogen-bond acceptors (Lipinski definition) is 9. The summed E-state index contributed by atoms with van der Waals surface area (Å²) in [6.45, 7) is 7.46. The average Bonchev–Trinajstić information content (AvgIpc) is 3.67. The Morgan fingerprint density at radius 1 is 1.02 bits per heavy atom. The molecule has 2 amide bonds. The Hall–Kier alpha value is -4.88. The number of nitrogens with one attached hydrogen (secondary N) is 1. The van der Waals surface area contributed by atoms with Gasteiger partial charge in [-0.3, -0.25) is 10.1 Å². The van der Waals surface area contributed by atoms with Gasteiger partial charge in [0.1, 0.15) is 29.5 Å². The van der Waals surface area contributed by atoms with Crippen LogP contribution in [0.3, 0.4) is 0 Å². The number of aromatic nitrogens is 4. The molecule has 12 nitrogen and oxygen atoms in total. The Bertz CT molecular complexity index is 1980. The van der Waals surface area contributed by atoms with Gasteiger partial charge in [-0.05, 0) is 80.8 Å². The summed E-state index contributed by atoms with van der Waals surface area (Å²) >= 11 is 0. The molecule has 1 aliphatic rings. The van der Waals surface area contributed by atoms with E-state index in [4.69, 9.17) is 18.6 Å². The van der Waals surface area contributed by atoms with Crippen molar-refractivity contribution >= 4 is 39.1 Å². The lowest BCUT2D eigenvalue weighted by Gasteiger charge is -2.31. The van der Waals surface area contributed by atoms with Gasteiger partial charge >= 0.3 is 12.1 Å². The number of carbonyl (C=O) groups excluding carboxylic acids is 2. The number of hydrogen-bond donors (Lipinski definition) is 1. The van der Waals surface area contributed by atoms with E-state index in [2.05, 4.69) is 39.3 Å². The van der Waals surface area contributed by atoms with Gasteiger partial charge < -0.3 is 28.1 Å². The van der Waals surface area contributed by atoms with Gasteiger partial charge in [-0.2, -0.15) is 0 Å². The van der Waals surface area contributed by atoms with E-state index in [1.807, 2.05) is 80.1 Å². The zero-order valence-electron chi connectivity index (χ0n) is 29.4. The Kier molecular flexibility index (Phi) is 10.2. The summed E-state index contributed by atoms with van der Waals surface area (Å²) in [7, 11) is -0.717. The maximum Gasteiger partial charge on any atom is 0.410 e. The topological polar surface area (TPSA) is 134 Å². The van der Waals surface area contributed by atoms with E-state index in [-0.39, 0.29) is 37.1 Å². The number of benzene rings is 2. The molecule has 0 saturated carbocycles. The van der Waals surface area contributed by atoms with Gasteiger partial charge in [0.15, 0.2) is 0 Å². The third kappa shape index (κ3) is 8.82. The molecular weight excluding hydrogens is 657 g/mol. The normalized spacial score (nSPS) is 13.6. The number of fused-ring (bicyclic) bond motifs is 2. The third-order valence-electron chi connectivity index (χ3n) is 7.97. The van der Waals surface area contributed by atoms with Crippen molar-refractivity contribution in [1.82, 2.24) is 24.6 Å². The van der Waals surface area contributed by atoms with Crippen LogP contribution in [0.4, 0.5) is 10.8 Å². The van der Waals surface area contributed by atoms with E-state index in [1.54, 1.807) is 17.2 Å². The van der Waals surface area contributed by atoms with Crippen molar-refractivity contribution in [3.63, 3.8) is 0 Å². The van der Waals surface area contributed by atoms with E-state index in [0.717, 1.165) is 28.9 Å². The van der Waals surface area contributed by atoms with Gasteiger partial charge in [-0.25, -0.2) is 19.8 Å². The van der Waals surface area contributed by atoms with E-state index in [9.17, 15) is 9.59 Å². The zero-order chi connectivity index (χ0) is 35.5. The molecule has 13 heteroatoms. The summed E-state index contributed by atoms with van der Waals surface area (Å²) in [5.41, 5.74) is 3.64. The van der Waals surface area contributed by atoms with Crippen molar-refractivity contribution in [3.05, 3.63) is 83.7 Å². The summed E-state index contributed by atoms with van der Waals surface area (Å²) in [4.78, 5) is 31.9. The molecule has 6 rings (SSSR count). The van der Waals surface area contributed by atoms with Gasteiger partial charge in [0.25, 0.3) is 5.89 Å². The second-order valence-electron chi connectivity index (χ2n) is 14.2. The first-order chi connectivity index (χ1) is 23.8. The highest BCUT2D eigenvalue weighted by Gasteiger charge is 2.27. The zero-order valence-corrected chi connectivity index (χ0v) is 30.2. The molecular formula is C37H44N6O6S. The molecule has 1 N–H and O–H groups in total. The van der Waals surface area contributed by atoms with Crippen LogP contribution in [0.1, 0.15) is 37.5 Å². The molecule has 0 bridgehead atoms. The minimum atomic E-state index is -0.717. The Balaban J connectivity index is 1.28. The SMILES string of the molecule is CC(C)(C)OC(=O)N1CCc2ccc(Oc3ccnc4c3c(-c3nnc(NC(=O)Cc5ccccc5)o3)cn4COCCS(C)(C)C)cc2C1. The lowest BCUT2D eigenvalue weighted by Crippen LogP contribution is -2.39. The quantitative estimate of drug-likeness (QED) is 0.144. The van der Waals surface area contributed by atoms with Gasteiger partial charge in [-0.15, -0.1) is 5.10 Å². The number of amides is 2. The maximum absolute atomic E-state index is 12.8. The Labute approximate surface area is 293 Å². The first-order valence-electron chi connectivity index (χ1n) is 16.5. The molecule has 1 aliphatic heterocycles. The number of pyridine rings is 1. The molecule has 50 heavy (non-hydrogen) atoms. The van der Waals surface area contributed by atoms with Crippen molar-refractivity contribution < 1.29 is 28.2 Å². The van der Waals surface area contributed by atoms with Crippen LogP contribution in [0.2, 0.25) is 0 Å². The molecule has 264 valence electrons. The average molecular weight is 701 g/mol. The van der Waals surface area contributed by atoms with Crippen molar-refractivity contribution in [3.8, 4) is 23.0 Å². The lowest BCUT2D eigenvalue weighted by molar-refractivity contribution is -0.115. The lowest BCUT2D eigenvalue weighted by atomic mass is 10.00. The third-order valence-corrected chi connectivity index (χ3v) is 9.36. The molecule has 2 aromatic carbocycles. The molecule has 0 aliphatic carbocycles. The van der Waals surface area contributed by atoms with Crippen molar-refractivity contribution in [2.45, 2.75) is 52.5 Å². The van der Waals surface area contributed by atoms with Crippen molar-refractivity contribution in [2.75, 3.05) is 43.0 Å². The summed E-state index contributed by atoms with van der Waals surface area (Å²) in [5.74, 6) is 2.02. The van der Waals surface area contributed by atoms with Gasteiger partial charge in [-0.1, -0.05) is 41.5 Å². The number of ether oxygens (including phenoxy) is 3. The van der Waals surface area contributed by atoms with Crippen LogP contribution < -0.4 is 10.1 Å². The fraction of sp³-hybridized carbons (Fsp3) is 0.378. The van der Waals surface area contributed by atoms with E-state index in [1.165, 1.54) is 0 Å². The smallest absolute Gasteiger partial charge is 0.410 e. The minimum Gasteiger partial charge on any atom is -0.457 e. The number of rotatable bonds is 11. The number of anilines is 1. The van der Waals surface area contributed by atoms with E-state index < -0.39 is 15.6 Å². The van der Waals surface area contributed by atoms with Crippen molar-refractivity contribution in [2.24, 2.45) is 0 Å². The summed E-state index contributed by atoms with van der Waals surface area (Å²) in [6.07, 6.45) is 10.9. The predicted molar refractivity (Wildman–Crippen MR) is 195 cm³/mol. The molecule has 3 aromatic heterocycles. The van der Waals surface area contributed by atoms with Gasteiger partial charge in [0, 0.05) is 31.2 Å². The molecule has 4 heterocycles. The molecule has 0 spiro atoms. The standard InChI is InChI=1S/C37H44N6O6S/c1-37(2,3)49-36(45)42-17-15-26-12-13-28(21-27(26)22-42)47-30-14-16-38-33-32(30)29(23-43(33)24-46-18-19-50(4,5)6)34-40-41-35(48-34)39-31(44)20-25-10-8-7-9-11-25/h7-14,16,21,23H,15,17-20,22,24H2,1-6H3,(H,39,41,44). The molecule has 0 unspecified atom stereocenters. The monoisotopic (exact) mass is 700 g/mol. The second kappa shape index (κ2) is 14.5. The number of nitrogens with zero attached hydrogens (tertiary/aromatic N) is 5. The van der Waals surface area contributed by atoms with Crippen LogP contribution in [0.25, 0.3) is 22.5 Å². The van der Waals surface area contributed by atoms with Crippen LogP contribution in [-0.2, 0) is 40.4 Å². The minimum absolute atomic E-state index is 0.0122. The summed E-state index contributed by atoms with van der Waals surface area (Å²) in [6, 6.07) is 17.1. The van der Waals surface area contributed by atoms with Crippen LogP contribution >= 0.6 is 10.0 Å². The summed E-state index contributed by atoms with van der Waals surface area (Å²) in [5, 5.41) is 11.7. The van der Waals surface area contributed by atoms with Crippen LogP contribution in [0.5, 0.6) is 11.5 Å². The number of carbonyl (C=O) groups is 2. The highest BCUT2D eigenvalue weighted by molar-refractivity contribution is 8.32. The van der Waals surface area contributed by atoms with Gasteiger partial charge in [0.2, 0.25) is 5.91 Å². The first-order valence-corrected chi connectivity index (χ1v) is 19.5. The van der Waals surface area contributed by atoms with E-state index >= 15 is 0 Å². The van der Waals surface area contributed by atoms with E-state index in [0.29, 0.717) is 47.8 Å². The molecule has 0 atom stereocenters.